The Balaban J connectivity index is 1.92. The van der Waals surface area contributed by atoms with E-state index >= 15 is 0 Å². The predicted molar refractivity (Wildman–Crippen MR) is 97.6 cm³/mol. The number of fused-ring (bicyclic) bond motifs is 1. The van der Waals surface area contributed by atoms with Gasteiger partial charge in [-0.3, -0.25) is 0 Å². The molecule has 0 radical (unpaired) electrons. The van der Waals surface area contributed by atoms with E-state index in [2.05, 4.69) is 26.5 Å². The van der Waals surface area contributed by atoms with Crippen LogP contribution in [0.2, 0.25) is 0 Å². The molecule has 0 amide bonds. The molecule has 0 aliphatic heterocycles. The smallest absolute Gasteiger partial charge is 0.341 e. The van der Waals surface area contributed by atoms with Crippen molar-refractivity contribution in [2.45, 2.75) is 13.8 Å². The van der Waals surface area contributed by atoms with Gasteiger partial charge >= 0.3 is 5.97 Å². The van der Waals surface area contributed by atoms with Gasteiger partial charge in [0.1, 0.15) is 11.4 Å². The molecule has 0 atom stereocenters. The number of nitriles is 1. The highest BCUT2D eigenvalue weighted by Crippen LogP contribution is 2.24. The molecule has 0 saturated heterocycles. The van der Waals surface area contributed by atoms with Gasteiger partial charge in [-0.05, 0) is 32.0 Å². The molecule has 3 heterocycles. The molecule has 0 saturated carbocycles. The number of hydrogen-bond acceptors (Lipinski definition) is 7. The van der Waals surface area contributed by atoms with Crippen LogP contribution in [0.4, 0.5) is 5.82 Å². The van der Waals surface area contributed by atoms with Crippen LogP contribution in [0.15, 0.2) is 30.6 Å². The minimum absolute atomic E-state index is 0.0383. The maximum Gasteiger partial charge on any atom is 0.341 e. The summed E-state index contributed by atoms with van der Waals surface area (Å²) in [5.41, 5.74) is 1.15. The van der Waals surface area contributed by atoms with Crippen molar-refractivity contribution in [1.29, 1.82) is 5.26 Å². The van der Waals surface area contributed by atoms with E-state index in [9.17, 15) is 9.90 Å². The second-order valence-corrected chi connectivity index (χ2v) is 6.58. The number of pyridine rings is 1. The van der Waals surface area contributed by atoms with E-state index in [0.717, 1.165) is 0 Å². The zero-order valence-corrected chi connectivity index (χ0v) is 15.1. The van der Waals surface area contributed by atoms with Crippen LogP contribution in [-0.4, -0.2) is 44.3 Å². The number of carbonyl (C=O) groups is 1. The SMILES string of the molecule is COc1ncc(-c2ccc3nc(NCC(C)(C)C#N)cn3n2)cc1C(=O)O. The molecule has 0 spiro atoms. The molecule has 9 heteroatoms. The number of methoxy groups -OCH3 is 1. The molecule has 3 rings (SSSR count). The summed E-state index contributed by atoms with van der Waals surface area (Å²) < 4.78 is 6.56. The van der Waals surface area contributed by atoms with Crippen LogP contribution in [-0.2, 0) is 0 Å². The summed E-state index contributed by atoms with van der Waals surface area (Å²) in [6.07, 6.45) is 3.21. The van der Waals surface area contributed by atoms with E-state index in [-0.39, 0.29) is 11.4 Å². The van der Waals surface area contributed by atoms with Gasteiger partial charge in [0.2, 0.25) is 5.88 Å². The van der Waals surface area contributed by atoms with Crippen LogP contribution in [0.25, 0.3) is 16.9 Å². The number of aromatic nitrogens is 4. The lowest BCUT2D eigenvalue weighted by Crippen LogP contribution is -2.21. The first kappa shape index (κ1) is 18.1. The predicted octanol–water partition coefficient (Wildman–Crippen LogP) is 2.46. The fraction of sp³-hybridized carbons (Fsp3) is 0.278. The third-order valence-corrected chi connectivity index (χ3v) is 3.90. The third kappa shape index (κ3) is 3.79. The van der Waals surface area contributed by atoms with E-state index < -0.39 is 11.4 Å². The van der Waals surface area contributed by atoms with Gasteiger partial charge in [-0.25, -0.2) is 19.3 Å². The number of nitrogens with one attached hydrogen (secondary N) is 1. The summed E-state index contributed by atoms with van der Waals surface area (Å²) in [5.74, 6) is -0.486. The second-order valence-electron chi connectivity index (χ2n) is 6.58. The van der Waals surface area contributed by atoms with Crippen molar-refractivity contribution in [2.24, 2.45) is 5.41 Å². The van der Waals surface area contributed by atoms with Crippen molar-refractivity contribution in [3.63, 3.8) is 0 Å². The summed E-state index contributed by atoms with van der Waals surface area (Å²) >= 11 is 0. The van der Waals surface area contributed by atoms with E-state index in [4.69, 9.17) is 10.00 Å². The average Bonchev–Trinajstić information content (AvgIpc) is 3.08. The summed E-state index contributed by atoms with van der Waals surface area (Å²) in [6.45, 7) is 4.12. The van der Waals surface area contributed by atoms with Crippen LogP contribution in [0.5, 0.6) is 5.88 Å². The number of hydrogen-bond donors (Lipinski definition) is 2. The molecular formula is C18H18N6O3. The van der Waals surface area contributed by atoms with Gasteiger partial charge in [-0.2, -0.15) is 10.4 Å². The Kier molecular flexibility index (Phi) is 4.64. The fourth-order valence-corrected chi connectivity index (χ4v) is 2.38. The number of anilines is 1. The van der Waals surface area contributed by atoms with Gasteiger partial charge in [0.25, 0.3) is 0 Å². The summed E-state index contributed by atoms with van der Waals surface area (Å²) in [7, 11) is 1.37. The highest BCUT2D eigenvalue weighted by atomic mass is 16.5. The molecule has 9 nitrogen and oxygen atoms in total. The van der Waals surface area contributed by atoms with Crippen molar-refractivity contribution >= 4 is 17.4 Å². The van der Waals surface area contributed by atoms with Crippen LogP contribution >= 0.6 is 0 Å². The molecule has 0 aliphatic rings. The molecule has 0 unspecified atom stereocenters. The topological polar surface area (TPSA) is 125 Å². The molecule has 3 aromatic rings. The summed E-state index contributed by atoms with van der Waals surface area (Å²) in [4.78, 5) is 19.8. The number of imidazole rings is 1. The standard InChI is InChI=1S/C18H18N6O3/c1-18(2,9-19)10-21-14-8-24-15(22-14)5-4-13(23-24)11-6-12(17(25)26)16(27-3)20-7-11/h4-8,21H,10H2,1-3H3,(H,25,26). The fourth-order valence-electron chi connectivity index (χ4n) is 2.38. The molecular weight excluding hydrogens is 348 g/mol. The minimum Gasteiger partial charge on any atom is -0.480 e. The third-order valence-electron chi connectivity index (χ3n) is 3.90. The van der Waals surface area contributed by atoms with Crippen molar-refractivity contribution in [1.82, 2.24) is 19.6 Å². The maximum atomic E-state index is 11.4. The lowest BCUT2D eigenvalue weighted by atomic mass is 9.96. The minimum atomic E-state index is -1.13. The maximum absolute atomic E-state index is 11.4. The monoisotopic (exact) mass is 366 g/mol. The second kappa shape index (κ2) is 6.92. The Hall–Kier alpha value is -3.67. The Morgan fingerprint density at radius 2 is 2.22 bits per heavy atom. The lowest BCUT2D eigenvalue weighted by molar-refractivity contribution is 0.0692. The van der Waals surface area contributed by atoms with Gasteiger partial charge in [0, 0.05) is 18.3 Å². The zero-order chi connectivity index (χ0) is 19.6. The van der Waals surface area contributed by atoms with E-state index in [0.29, 0.717) is 29.3 Å². The highest BCUT2D eigenvalue weighted by Gasteiger charge is 2.17. The number of nitrogens with zero attached hydrogens (tertiary/aromatic N) is 5. The van der Waals surface area contributed by atoms with Crippen molar-refractivity contribution in [3.8, 4) is 23.2 Å². The lowest BCUT2D eigenvalue weighted by Gasteiger charge is -2.14. The number of carboxylic acids is 1. The van der Waals surface area contributed by atoms with Gasteiger partial charge in [-0.1, -0.05) is 0 Å². The molecule has 0 aromatic carbocycles. The molecule has 0 aliphatic carbocycles. The molecule has 27 heavy (non-hydrogen) atoms. The van der Waals surface area contributed by atoms with Gasteiger partial charge in [0.15, 0.2) is 5.65 Å². The molecule has 2 N–H and O–H groups in total. The zero-order valence-electron chi connectivity index (χ0n) is 15.1. The highest BCUT2D eigenvalue weighted by molar-refractivity contribution is 5.91. The van der Waals surface area contributed by atoms with Gasteiger partial charge in [-0.15, -0.1) is 0 Å². The quantitative estimate of drug-likeness (QED) is 0.681. The van der Waals surface area contributed by atoms with E-state index in [1.807, 2.05) is 13.8 Å². The normalized spacial score (nSPS) is 11.2. The van der Waals surface area contributed by atoms with Crippen LogP contribution in [0.1, 0.15) is 24.2 Å². The number of rotatable bonds is 6. The summed E-state index contributed by atoms with van der Waals surface area (Å²) in [6, 6.07) is 7.20. The van der Waals surface area contributed by atoms with Crippen molar-refractivity contribution in [2.75, 3.05) is 19.0 Å². The number of aromatic carboxylic acids is 1. The first-order chi connectivity index (χ1) is 12.8. The Morgan fingerprint density at radius 1 is 1.44 bits per heavy atom. The van der Waals surface area contributed by atoms with Crippen LogP contribution in [0, 0.1) is 16.7 Å². The number of ether oxygens (including phenoxy) is 1. The molecule has 138 valence electrons. The average molecular weight is 366 g/mol. The number of carboxylic acid groups (broad SMARTS) is 1. The molecule has 0 fully saturated rings. The molecule has 0 bridgehead atoms. The van der Waals surface area contributed by atoms with E-state index in [1.165, 1.54) is 19.4 Å². The first-order valence-electron chi connectivity index (χ1n) is 8.12. The summed E-state index contributed by atoms with van der Waals surface area (Å²) in [5, 5.41) is 26.0. The van der Waals surface area contributed by atoms with E-state index in [1.54, 1.807) is 22.8 Å². The largest absolute Gasteiger partial charge is 0.480 e. The van der Waals surface area contributed by atoms with Gasteiger partial charge < -0.3 is 15.2 Å². The first-order valence-corrected chi connectivity index (χ1v) is 8.12. The van der Waals surface area contributed by atoms with Crippen LogP contribution < -0.4 is 10.1 Å². The Bertz CT molecular complexity index is 1050. The van der Waals surface area contributed by atoms with Gasteiger partial charge in [0.05, 0.1) is 30.5 Å². The Labute approximate surface area is 155 Å². The Morgan fingerprint density at radius 3 is 2.89 bits per heavy atom. The van der Waals surface area contributed by atoms with Crippen molar-refractivity contribution in [3.05, 3.63) is 36.2 Å². The van der Waals surface area contributed by atoms with Crippen molar-refractivity contribution < 1.29 is 14.6 Å². The van der Waals surface area contributed by atoms with Crippen LogP contribution in [0.3, 0.4) is 0 Å². The molecule has 3 aromatic heterocycles.